The molecule has 1 spiro atoms. The molecule has 2 aliphatic heterocycles. The summed E-state index contributed by atoms with van der Waals surface area (Å²) < 4.78 is 5.96. The van der Waals surface area contributed by atoms with Crippen LogP contribution in [0.2, 0.25) is 0 Å². The van der Waals surface area contributed by atoms with Crippen molar-refractivity contribution < 1.29 is 24.2 Å². The van der Waals surface area contributed by atoms with Crippen molar-refractivity contribution in [1.82, 2.24) is 25.8 Å². The number of rotatable bonds is 10. The van der Waals surface area contributed by atoms with E-state index >= 15 is 0 Å². The molecular formula is C39H69N5O5. The molecule has 0 aromatic carbocycles. The van der Waals surface area contributed by atoms with Gasteiger partial charge in [0.25, 0.3) is 0 Å². The van der Waals surface area contributed by atoms with E-state index in [1.165, 1.54) is 0 Å². The number of aliphatic hydroxyl groups is 1. The van der Waals surface area contributed by atoms with Gasteiger partial charge in [0.05, 0.1) is 18.2 Å². The van der Waals surface area contributed by atoms with Crippen LogP contribution in [0.3, 0.4) is 0 Å². The Morgan fingerprint density at radius 3 is 2.37 bits per heavy atom. The molecule has 10 nitrogen and oxygen atoms in total. The third-order valence-electron chi connectivity index (χ3n) is 11.4. The Labute approximate surface area is 296 Å². The van der Waals surface area contributed by atoms with Crippen molar-refractivity contribution >= 4 is 17.6 Å². The summed E-state index contributed by atoms with van der Waals surface area (Å²) in [5.41, 5.74) is -1.42. The Bertz CT molecular complexity index is 1200. The average Bonchev–Trinajstić information content (AvgIpc) is 3.58. The molecule has 2 saturated heterocycles. The van der Waals surface area contributed by atoms with Crippen molar-refractivity contribution in [3.8, 4) is 0 Å². The van der Waals surface area contributed by atoms with Crippen molar-refractivity contribution in [2.45, 2.75) is 155 Å². The summed E-state index contributed by atoms with van der Waals surface area (Å²) >= 11 is 0. The molecule has 2 amide bonds. The first-order chi connectivity index (χ1) is 22.6. The van der Waals surface area contributed by atoms with Crippen LogP contribution in [0.15, 0.2) is 12.2 Å². The van der Waals surface area contributed by atoms with Crippen LogP contribution in [0.4, 0.5) is 0 Å². The first-order valence-electron chi connectivity index (χ1n) is 19.0. The van der Waals surface area contributed by atoms with E-state index in [2.05, 4.69) is 102 Å². The standard InChI is InChI=1S/C39H69N5O5/c1-35(2,3)41-23-28-16-22-43(31(46)24-40-30(45)25-49-28)26-37(7,8)19-20-38(9,10)44-21-12-18-39(44)17-11-13-27-14-15-29(32(27)33(39)47)34(48)42-36(4,5)6/h11,17,27-29,32,34,41-42,48H,12-16,18-26H2,1-10H3,(H,40,45). The van der Waals surface area contributed by atoms with Gasteiger partial charge in [-0.2, -0.15) is 0 Å². The highest BCUT2D eigenvalue weighted by atomic mass is 16.5. The number of likely N-dealkylation sites (tertiary alicyclic amines) is 1. The van der Waals surface area contributed by atoms with Gasteiger partial charge in [-0.3, -0.25) is 24.6 Å². The lowest BCUT2D eigenvalue weighted by Gasteiger charge is -2.48. The number of amides is 2. The van der Waals surface area contributed by atoms with Gasteiger partial charge in [0.2, 0.25) is 11.8 Å². The summed E-state index contributed by atoms with van der Waals surface area (Å²) in [4.78, 5) is 45.0. The molecule has 4 N–H and O–H groups in total. The number of hydrogen-bond acceptors (Lipinski definition) is 8. The molecule has 2 heterocycles. The van der Waals surface area contributed by atoms with Crippen molar-refractivity contribution in [1.29, 1.82) is 0 Å². The third-order valence-corrected chi connectivity index (χ3v) is 11.4. The smallest absolute Gasteiger partial charge is 0.246 e. The Kier molecular flexibility index (Phi) is 12.6. The van der Waals surface area contributed by atoms with E-state index in [0.717, 1.165) is 51.5 Å². The second-order valence-electron chi connectivity index (χ2n) is 19.0. The lowest BCUT2D eigenvalue weighted by Crippen LogP contribution is -2.60. The number of ether oxygens (including phenoxy) is 1. The summed E-state index contributed by atoms with van der Waals surface area (Å²) in [6.45, 7) is 24.0. The van der Waals surface area contributed by atoms with E-state index in [-0.39, 0.29) is 70.9 Å². The van der Waals surface area contributed by atoms with Crippen molar-refractivity contribution in [2.24, 2.45) is 23.2 Å². The quantitative estimate of drug-likeness (QED) is 0.197. The van der Waals surface area contributed by atoms with Gasteiger partial charge in [-0.15, -0.1) is 0 Å². The molecular weight excluding hydrogens is 618 g/mol. The van der Waals surface area contributed by atoms with Crippen molar-refractivity contribution in [2.75, 3.05) is 39.3 Å². The molecule has 4 aliphatic rings. The first kappa shape index (κ1) is 39.9. The van der Waals surface area contributed by atoms with Crippen LogP contribution >= 0.6 is 0 Å². The zero-order valence-corrected chi connectivity index (χ0v) is 32.4. The fourth-order valence-corrected chi connectivity index (χ4v) is 8.78. The van der Waals surface area contributed by atoms with Crippen LogP contribution < -0.4 is 16.0 Å². The van der Waals surface area contributed by atoms with Crippen molar-refractivity contribution in [3.05, 3.63) is 12.2 Å². The number of Topliss-reactive ketones (excluding diaryl/α,β-unsaturated/α-hetero) is 1. The number of carbonyl (C=O) groups is 3. The Morgan fingerprint density at radius 1 is 0.980 bits per heavy atom. The van der Waals surface area contributed by atoms with Crippen LogP contribution in [-0.2, 0) is 19.1 Å². The van der Waals surface area contributed by atoms with Gasteiger partial charge in [-0.1, -0.05) is 26.0 Å². The van der Waals surface area contributed by atoms with E-state index in [4.69, 9.17) is 4.74 Å². The van der Waals surface area contributed by atoms with E-state index < -0.39 is 11.8 Å². The van der Waals surface area contributed by atoms with Gasteiger partial charge in [-0.05, 0) is 118 Å². The summed E-state index contributed by atoms with van der Waals surface area (Å²) in [6.07, 6.45) is 10.5. The second kappa shape index (κ2) is 15.4. The highest BCUT2D eigenvalue weighted by Gasteiger charge is 2.57. The number of nitrogens with zero attached hydrogens (tertiary/aromatic N) is 2. The van der Waals surface area contributed by atoms with Crippen LogP contribution in [0, 0.1) is 23.2 Å². The number of fused-ring (bicyclic) bond motifs is 1. The van der Waals surface area contributed by atoms with E-state index in [9.17, 15) is 19.5 Å². The highest BCUT2D eigenvalue weighted by molar-refractivity contribution is 5.94. The molecule has 10 heteroatoms. The van der Waals surface area contributed by atoms with Crippen LogP contribution in [0.25, 0.3) is 0 Å². The lowest BCUT2D eigenvalue weighted by atomic mass is 9.74. The molecule has 4 rings (SSSR count). The third kappa shape index (κ3) is 10.4. The molecule has 280 valence electrons. The molecule has 0 aromatic rings. The largest absolute Gasteiger partial charge is 0.378 e. The fourth-order valence-electron chi connectivity index (χ4n) is 8.78. The predicted molar refractivity (Wildman–Crippen MR) is 195 cm³/mol. The Hall–Kier alpha value is -1.85. The van der Waals surface area contributed by atoms with E-state index in [1.54, 1.807) is 0 Å². The minimum Gasteiger partial charge on any atom is -0.378 e. The SMILES string of the molecule is CC(C)(CCC(C)(C)N1CCCC12C=CCC1CCC(C(O)NC(C)(C)C)C1C2=O)CN1CCC(CNC(C)(C)C)OCC(=O)NCC1=O. The summed E-state index contributed by atoms with van der Waals surface area (Å²) in [7, 11) is 0. The fraction of sp³-hybridized carbons (Fsp3) is 0.872. The van der Waals surface area contributed by atoms with Gasteiger partial charge in [-0.25, -0.2) is 0 Å². The van der Waals surface area contributed by atoms with Gasteiger partial charge >= 0.3 is 0 Å². The van der Waals surface area contributed by atoms with Gasteiger partial charge < -0.3 is 25.4 Å². The minimum atomic E-state index is -0.706. The summed E-state index contributed by atoms with van der Waals surface area (Å²) in [5.74, 6) is -0.00872. The molecule has 0 bridgehead atoms. The first-order valence-corrected chi connectivity index (χ1v) is 19.0. The van der Waals surface area contributed by atoms with Crippen LogP contribution in [-0.4, -0.2) is 106 Å². The number of allylic oxidation sites excluding steroid dienone is 1. The van der Waals surface area contributed by atoms with Gasteiger partial charge in [0.1, 0.15) is 12.8 Å². The number of ketones is 1. The Balaban J connectivity index is 1.46. The number of aliphatic hydroxyl groups excluding tert-OH is 1. The zero-order chi connectivity index (χ0) is 36.4. The number of carbonyl (C=O) groups excluding carboxylic acids is 3. The normalized spacial score (nSPS) is 30.4. The average molecular weight is 688 g/mol. The van der Waals surface area contributed by atoms with E-state index in [1.807, 2.05) is 4.90 Å². The van der Waals surface area contributed by atoms with Gasteiger partial charge in [0, 0.05) is 54.6 Å². The van der Waals surface area contributed by atoms with E-state index in [0.29, 0.717) is 31.8 Å². The Morgan fingerprint density at radius 2 is 1.69 bits per heavy atom. The molecule has 6 atom stereocenters. The maximum Gasteiger partial charge on any atom is 0.246 e. The maximum absolute atomic E-state index is 14.8. The van der Waals surface area contributed by atoms with Crippen molar-refractivity contribution in [3.63, 3.8) is 0 Å². The molecule has 0 radical (unpaired) electrons. The molecule has 2 aliphatic carbocycles. The highest BCUT2D eigenvalue weighted by Crippen LogP contribution is 2.50. The number of nitrogens with one attached hydrogen (secondary N) is 3. The van der Waals surface area contributed by atoms with Crippen LogP contribution in [0.1, 0.15) is 121 Å². The van der Waals surface area contributed by atoms with Crippen LogP contribution in [0.5, 0.6) is 0 Å². The lowest BCUT2D eigenvalue weighted by molar-refractivity contribution is -0.139. The molecule has 1 saturated carbocycles. The number of hydrogen-bond donors (Lipinski definition) is 4. The topological polar surface area (TPSA) is 123 Å². The minimum absolute atomic E-state index is 0.0253. The zero-order valence-electron chi connectivity index (χ0n) is 32.4. The molecule has 49 heavy (non-hydrogen) atoms. The molecule has 6 unspecified atom stereocenters. The maximum atomic E-state index is 14.8. The monoisotopic (exact) mass is 688 g/mol. The summed E-state index contributed by atoms with van der Waals surface area (Å²) in [6, 6.07) is 0. The predicted octanol–water partition coefficient (Wildman–Crippen LogP) is 4.41. The second-order valence-corrected chi connectivity index (χ2v) is 19.0. The summed E-state index contributed by atoms with van der Waals surface area (Å²) in [5, 5.41) is 20.9. The molecule has 3 fully saturated rings. The molecule has 0 aromatic heterocycles. The van der Waals surface area contributed by atoms with Gasteiger partial charge in [0.15, 0.2) is 5.78 Å².